The van der Waals surface area contributed by atoms with Gasteiger partial charge in [-0.2, -0.15) is 0 Å². The lowest BCUT2D eigenvalue weighted by Gasteiger charge is -2.44. The predicted octanol–water partition coefficient (Wildman–Crippen LogP) is 3.23. The molecule has 1 aromatic carbocycles. The van der Waals surface area contributed by atoms with E-state index < -0.39 is 0 Å². The molecular weight excluding hydrogens is 326 g/mol. The van der Waals surface area contributed by atoms with Crippen LogP contribution < -0.4 is 10.2 Å². The van der Waals surface area contributed by atoms with E-state index >= 15 is 0 Å². The molecule has 1 N–H and O–H groups in total. The highest BCUT2D eigenvalue weighted by Gasteiger charge is 2.28. The molecule has 1 saturated carbocycles. The van der Waals surface area contributed by atoms with Gasteiger partial charge in [0, 0.05) is 47.9 Å². The SMILES string of the molecule is CC1CN(c2ccc(Br)cc2CNC2CC2)CC(C)N1C. The Kier molecular flexibility index (Phi) is 4.57. The summed E-state index contributed by atoms with van der Waals surface area (Å²) >= 11 is 3.62. The van der Waals surface area contributed by atoms with Gasteiger partial charge in [-0.15, -0.1) is 0 Å². The maximum Gasteiger partial charge on any atom is 0.0413 e. The van der Waals surface area contributed by atoms with Gasteiger partial charge in [0.15, 0.2) is 0 Å². The third-order valence-electron chi connectivity index (χ3n) is 4.90. The molecule has 2 atom stereocenters. The van der Waals surface area contributed by atoms with Crippen molar-refractivity contribution in [3.63, 3.8) is 0 Å². The van der Waals surface area contributed by atoms with Crippen molar-refractivity contribution in [2.45, 2.75) is 51.4 Å². The van der Waals surface area contributed by atoms with Crippen LogP contribution in [-0.2, 0) is 6.54 Å². The molecule has 1 aliphatic heterocycles. The van der Waals surface area contributed by atoms with Crippen molar-refractivity contribution in [2.24, 2.45) is 0 Å². The highest BCUT2D eigenvalue weighted by molar-refractivity contribution is 9.10. The van der Waals surface area contributed by atoms with E-state index in [9.17, 15) is 0 Å². The molecule has 3 nitrogen and oxygen atoms in total. The van der Waals surface area contributed by atoms with Crippen LogP contribution in [0.1, 0.15) is 32.3 Å². The summed E-state index contributed by atoms with van der Waals surface area (Å²) in [4.78, 5) is 5.04. The maximum absolute atomic E-state index is 3.65. The van der Waals surface area contributed by atoms with Crippen molar-refractivity contribution in [1.29, 1.82) is 0 Å². The van der Waals surface area contributed by atoms with E-state index in [-0.39, 0.29) is 0 Å². The fourth-order valence-corrected chi connectivity index (χ4v) is 3.56. The molecule has 4 heteroatoms. The van der Waals surface area contributed by atoms with Crippen molar-refractivity contribution in [2.75, 3.05) is 25.0 Å². The number of anilines is 1. The first-order valence-corrected chi connectivity index (χ1v) is 8.82. The van der Waals surface area contributed by atoms with Crippen LogP contribution in [0.15, 0.2) is 22.7 Å². The number of piperazine rings is 1. The Balaban J connectivity index is 1.79. The summed E-state index contributed by atoms with van der Waals surface area (Å²) in [7, 11) is 2.24. The Hall–Kier alpha value is -0.580. The zero-order valence-corrected chi connectivity index (χ0v) is 14.9. The van der Waals surface area contributed by atoms with E-state index in [2.05, 4.69) is 70.1 Å². The molecule has 2 unspecified atom stereocenters. The van der Waals surface area contributed by atoms with E-state index in [1.165, 1.54) is 28.6 Å². The number of hydrogen-bond acceptors (Lipinski definition) is 3. The van der Waals surface area contributed by atoms with Gasteiger partial charge < -0.3 is 10.2 Å². The molecule has 0 radical (unpaired) electrons. The summed E-state index contributed by atoms with van der Waals surface area (Å²) < 4.78 is 1.18. The number of rotatable bonds is 4. The van der Waals surface area contributed by atoms with Crippen LogP contribution in [0.2, 0.25) is 0 Å². The Morgan fingerprint density at radius 1 is 1.19 bits per heavy atom. The predicted molar refractivity (Wildman–Crippen MR) is 92.9 cm³/mol. The van der Waals surface area contributed by atoms with E-state index in [0.717, 1.165) is 25.7 Å². The minimum Gasteiger partial charge on any atom is -0.368 e. The standard InChI is InChI=1S/C17H26BrN3/c1-12-10-21(11-13(2)20(12)3)17-7-4-15(18)8-14(17)9-19-16-5-6-16/h4,7-8,12-13,16,19H,5-6,9-11H2,1-3H3. The van der Waals surface area contributed by atoms with Crippen LogP contribution in [0, 0.1) is 0 Å². The zero-order valence-electron chi connectivity index (χ0n) is 13.3. The van der Waals surface area contributed by atoms with Crippen LogP contribution in [-0.4, -0.2) is 43.2 Å². The molecule has 0 bridgehead atoms. The van der Waals surface area contributed by atoms with Gasteiger partial charge in [0.2, 0.25) is 0 Å². The van der Waals surface area contributed by atoms with Crippen molar-refractivity contribution < 1.29 is 0 Å². The molecule has 116 valence electrons. The topological polar surface area (TPSA) is 18.5 Å². The summed E-state index contributed by atoms with van der Waals surface area (Å²) in [5.41, 5.74) is 2.82. The van der Waals surface area contributed by atoms with Crippen molar-refractivity contribution in [3.05, 3.63) is 28.2 Å². The second-order valence-electron chi connectivity index (χ2n) is 6.70. The van der Waals surface area contributed by atoms with Crippen molar-refractivity contribution in [3.8, 4) is 0 Å². The Labute approximate surface area is 136 Å². The third-order valence-corrected chi connectivity index (χ3v) is 5.39. The number of benzene rings is 1. The van der Waals surface area contributed by atoms with Gasteiger partial charge in [-0.1, -0.05) is 15.9 Å². The third kappa shape index (κ3) is 3.61. The molecule has 2 aliphatic rings. The smallest absolute Gasteiger partial charge is 0.0413 e. The fraction of sp³-hybridized carbons (Fsp3) is 0.647. The molecule has 1 aliphatic carbocycles. The fourth-order valence-electron chi connectivity index (χ4n) is 3.15. The van der Waals surface area contributed by atoms with E-state index in [0.29, 0.717) is 12.1 Å². The van der Waals surface area contributed by atoms with Crippen molar-refractivity contribution >= 4 is 21.6 Å². The molecule has 1 heterocycles. The van der Waals surface area contributed by atoms with Gasteiger partial charge in [0.1, 0.15) is 0 Å². The summed E-state index contributed by atoms with van der Waals surface area (Å²) in [6.45, 7) is 7.85. The Bertz CT molecular complexity index is 489. The summed E-state index contributed by atoms with van der Waals surface area (Å²) in [5.74, 6) is 0. The molecule has 1 saturated heterocycles. The van der Waals surface area contributed by atoms with Gasteiger partial charge in [0.25, 0.3) is 0 Å². The lowest BCUT2D eigenvalue weighted by Crippen LogP contribution is -2.55. The second kappa shape index (κ2) is 6.27. The zero-order chi connectivity index (χ0) is 15.0. The Morgan fingerprint density at radius 2 is 1.86 bits per heavy atom. The summed E-state index contributed by atoms with van der Waals surface area (Å²) in [6, 6.07) is 8.67. The van der Waals surface area contributed by atoms with Crippen LogP contribution >= 0.6 is 15.9 Å². The molecule has 0 amide bonds. The maximum atomic E-state index is 3.65. The summed E-state index contributed by atoms with van der Waals surface area (Å²) in [5, 5.41) is 3.65. The lowest BCUT2D eigenvalue weighted by atomic mass is 10.1. The van der Waals surface area contributed by atoms with Crippen LogP contribution in [0.25, 0.3) is 0 Å². The monoisotopic (exact) mass is 351 g/mol. The van der Waals surface area contributed by atoms with Gasteiger partial charge in [-0.3, -0.25) is 4.90 Å². The minimum atomic E-state index is 0.599. The molecule has 3 rings (SSSR count). The van der Waals surface area contributed by atoms with Crippen molar-refractivity contribution in [1.82, 2.24) is 10.2 Å². The van der Waals surface area contributed by atoms with E-state index in [1.807, 2.05) is 0 Å². The summed E-state index contributed by atoms with van der Waals surface area (Å²) in [6.07, 6.45) is 2.68. The average Bonchev–Trinajstić information content (AvgIpc) is 3.26. The lowest BCUT2D eigenvalue weighted by molar-refractivity contribution is 0.170. The van der Waals surface area contributed by atoms with E-state index in [1.54, 1.807) is 0 Å². The molecule has 0 aromatic heterocycles. The highest BCUT2D eigenvalue weighted by Crippen LogP contribution is 2.29. The average molecular weight is 352 g/mol. The number of halogens is 1. The molecular formula is C17H26BrN3. The first kappa shape index (κ1) is 15.3. The molecule has 21 heavy (non-hydrogen) atoms. The molecule has 2 fully saturated rings. The van der Waals surface area contributed by atoms with Crippen LogP contribution in [0.3, 0.4) is 0 Å². The van der Waals surface area contributed by atoms with Crippen LogP contribution in [0.5, 0.6) is 0 Å². The van der Waals surface area contributed by atoms with Gasteiger partial charge in [-0.05, 0) is 57.5 Å². The number of hydrogen-bond donors (Lipinski definition) is 1. The Morgan fingerprint density at radius 3 is 2.48 bits per heavy atom. The largest absolute Gasteiger partial charge is 0.368 e. The number of likely N-dealkylation sites (N-methyl/N-ethyl adjacent to an activating group) is 1. The van der Waals surface area contributed by atoms with Crippen LogP contribution in [0.4, 0.5) is 5.69 Å². The number of nitrogens with zero attached hydrogens (tertiary/aromatic N) is 2. The quantitative estimate of drug-likeness (QED) is 0.898. The highest BCUT2D eigenvalue weighted by atomic mass is 79.9. The van der Waals surface area contributed by atoms with Gasteiger partial charge >= 0.3 is 0 Å². The first-order chi connectivity index (χ1) is 10.0. The number of nitrogens with one attached hydrogen (secondary N) is 1. The molecule has 0 spiro atoms. The second-order valence-corrected chi connectivity index (χ2v) is 7.61. The molecule has 1 aromatic rings. The minimum absolute atomic E-state index is 0.599. The normalized spacial score (nSPS) is 27.1. The van der Waals surface area contributed by atoms with Gasteiger partial charge in [0.05, 0.1) is 0 Å². The van der Waals surface area contributed by atoms with Gasteiger partial charge in [-0.25, -0.2) is 0 Å². The first-order valence-electron chi connectivity index (χ1n) is 8.03. The van der Waals surface area contributed by atoms with E-state index in [4.69, 9.17) is 0 Å².